The quantitative estimate of drug-likeness (QED) is 0.860. The third-order valence-corrected chi connectivity index (χ3v) is 4.71. The minimum atomic E-state index is -0.998. The van der Waals surface area contributed by atoms with Gasteiger partial charge in [-0.3, -0.25) is 4.79 Å². The van der Waals surface area contributed by atoms with E-state index in [2.05, 4.69) is 9.88 Å². The Bertz CT molecular complexity index is 494. The van der Waals surface area contributed by atoms with E-state index in [0.717, 1.165) is 24.6 Å². The first-order chi connectivity index (χ1) is 9.47. The van der Waals surface area contributed by atoms with Crippen molar-refractivity contribution in [2.24, 2.45) is 5.92 Å². The summed E-state index contributed by atoms with van der Waals surface area (Å²) in [5.74, 6) is -1.76. The molecule has 1 fully saturated rings. The number of hydrogen-bond acceptors (Lipinski definition) is 5. The monoisotopic (exact) mass is 298 g/mol. The molecule has 2 N–H and O–H groups in total. The number of aromatic nitrogens is 1. The van der Waals surface area contributed by atoms with Gasteiger partial charge in [0.25, 0.3) is 0 Å². The molecule has 7 heteroatoms. The fraction of sp³-hybridized carbons (Fsp3) is 0.615. The molecule has 1 aliphatic heterocycles. The summed E-state index contributed by atoms with van der Waals surface area (Å²) in [6.45, 7) is 4.36. The number of piperidine rings is 1. The minimum absolute atomic E-state index is 0.0986. The molecule has 2 rings (SSSR count). The normalized spacial score (nSPS) is 18.9. The van der Waals surface area contributed by atoms with Crippen molar-refractivity contribution in [3.8, 4) is 0 Å². The first-order valence-electron chi connectivity index (χ1n) is 6.61. The molecule has 20 heavy (non-hydrogen) atoms. The maximum atomic E-state index is 10.9. The fourth-order valence-electron chi connectivity index (χ4n) is 2.44. The molecule has 0 aromatic carbocycles. The lowest BCUT2D eigenvalue weighted by atomic mass is 9.96. The van der Waals surface area contributed by atoms with E-state index in [4.69, 9.17) is 10.2 Å². The van der Waals surface area contributed by atoms with E-state index in [1.807, 2.05) is 6.92 Å². The second-order valence-electron chi connectivity index (χ2n) is 5.19. The zero-order valence-electron chi connectivity index (χ0n) is 11.3. The summed E-state index contributed by atoms with van der Waals surface area (Å²) in [4.78, 5) is 28.0. The number of rotatable bonds is 5. The minimum Gasteiger partial charge on any atom is -0.481 e. The summed E-state index contributed by atoms with van der Waals surface area (Å²) in [5, 5.41) is 20.2. The molecule has 0 spiro atoms. The molecule has 1 atom stereocenters. The molecule has 2 heterocycles. The number of carbonyl (C=O) groups is 2. The summed E-state index contributed by atoms with van der Waals surface area (Å²) < 4.78 is 0. The number of likely N-dealkylation sites (tertiary alicyclic amines) is 1. The Hall–Kier alpha value is -1.47. The van der Waals surface area contributed by atoms with Gasteiger partial charge in [-0.25, -0.2) is 9.78 Å². The fourth-order valence-corrected chi connectivity index (χ4v) is 3.28. The lowest BCUT2D eigenvalue weighted by molar-refractivity contribution is -0.143. The Labute approximate surface area is 121 Å². The van der Waals surface area contributed by atoms with E-state index < -0.39 is 11.9 Å². The van der Waals surface area contributed by atoms with E-state index in [0.29, 0.717) is 12.8 Å². The van der Waals surface area contributed by atoms with E-state index in [1.165, 1.54) is 11.3 Å². The average molecular weight is 298 g/mol. The molecule has 1 aliphatic rings. The Morgan fingerprint density at radius 3 is 2.60 bits per heavy atom. The van der Waals surface area contributed by atoms with Crippen molar-refractivity contribution in [1.82, 2.24) is 9.88 Å². The molecular weight excluding hydrogens is 280 g/mol. The largest absolute Gasteiger partial charge is 0.481 e. The second kappa shape index (κ2) is 6.32. The van der Waals surface area contributed by atoms with Crippen LogP contribution >= 0.6 is 11.3 Å². The highest BCUT2D eigenvalue weighted by atomic mass is 32.1. The van der Waals surface area contributed by atoms with E-state index in [9.17, 15) is 9.59 Å². The zero-order valence-corrected chi connectivity index (χ0v) is 12.1. The van der Waals surface area contributed by atoms with Crippen LogP contribution in [0.5, 0.6) is 0 Å². The lowest BCUT2D eigenvalue weighted by Crippen LogP contribution is -2.38. The summed E-state index contributed by atoms with van der Waals surface area (Å²) in [6, 6.07) is 0. The van der Waals surface area contributed by atoms with Crippen LogP contribution in [0, 0.1) is 5.92 Å². The average Bonchev–Trinajstić information content (AvgIpc) is 2.89. The predicted octanol–water partition coefficient (Wildman–Crippen LogP) is 1.74. The van der Waals surface area contributed by atoms with Gasteiger partial charge in [0, 0.05) is 17.8 Å². The Kier molecular flexibility index (Phi) is 4.72. The van der Waals surface area contributed by atoms with Gasteiger partial charge in [-0.05, 0) is 25.9 Å². The van der Waals surface area contributed by atoms with Gasteiger partial charge in [-0.2, -0.15) is 0 Å². The van der Waals surface area contributed by atoms with Crippen molar-refractivity contribution in [2.75, 3.05) is 19.6 Å². The van der Waals surface area contributed by atoms with Crippen molar-refractivity contribution in [3.63, 3.8) is 0 Å². The highest BCUT2D eigenvalue weighted by molar-refractivity contribution is 7.09. The van der Waals surface area contributed by atoms with Crippen molar-refractivity contribution in [2.45, 2.75) is 25.7 Å². The maximum absolute atomic E-state index is 10.9. The number of carboxylic acids is 2. The van der Waals surface area contributed by atoms with E-state index in [-0.39, 0.29) is 17.5 Å². The highest BCUT2D eigenvalue weighted by Crippen LogP contribution is 2.24. The van der Waals surface area contributed by atoms with E-state index in [1.54, 1.807) is 5.38 Å². The molecule has 1 aromatic heterocycles. The topological polar surface area (TPSA) is 90.7 Å². The Balaban J connectivity index is 1.87. The standard InChI is InChI=1S/C13H18N2O4S/c1-8(11-14-10(7-20-11)13(18)19)6-15-4-2-9(3-5-15)12(16)17/h7-9H,2-6H2,1H3,(H,16,17)(H,18,19). The van der Waals surface area contributed by atoms with Gasteiger partial charge in [0.15, 0.2) is 5.69 Å². The zero-order chi connectivity index (χ0) is 14.7. The van der Waals surface area contributed by atoms with Crippen molar-refractivity contribution >= 4 is 23.3 Å². The molecule has 0 bridgehead atoms. The van der Waals surface area contributed by atoms with Crippen LogP contribution in [0.2, 0.25) is 0 Å². The molecule has 0 amide bonds. The molecule has 1 saturated heterocycles. The van der Waals surface area contributed by atoms with Crippen LogP contribution in [0.15, 0.2) is 5.38 Å². The van der Waals surface area contributed by atoms with Crippen LogP contribution in [0.3, 0.4) is 0 Å². The first-order valence-corrected chi connectivity index (χ1v) is 7.49. The lowest BCUT2D eigenvalue weighted by Gasteiger charge is -2.31. The maximum Gasteiger partial charge on any atom is 0.355 e. The van der Waals surface area contributed by atoms with Gasteiger partial charge < -0.3 is 15.1 Å². The van der Waals surface area contributed by atoms with Gasteiger partial charge in [0.05, 0.1) is 10.9 Å². The van der Waals surface area contributed by atoms with Gasteiger partial charge in [0.2, 0.25) is 0 Å². The number of thiazole rings is 1. The van der Waals surface area contributed by atoms with Crippen molar-refractivity contribution in [3.05, 3.63) is 16.1 Å². The number of aromatic carboxylic acids is 1. The molecule has 6 nitrogen and oxygen atoms in total. The molecule has 0 saturated carbocycles. The second-order valence-corrected chi connectivity index (χ2v) is 6.08. The van der Waals surface area contributed by atoms with Crippen LogP contribution in [-0.2, 0) is 4.79 Å². The van der Waals surface area contributed by atoms with Crippen LogP contribution in [0.4, 0.5) is 0 Å². The van der Waals surface area contributed by atoms with Crippen LogP contribution in [0.25, 0.3) is 0 Å². The summed E-state index contributed by atoms with van der Waals surface area (Å²) in [7, 11) is 0. The summed E-state index contributed by atoms with van der Waals surface area (Å²) >= 11 is 1.37. The Morgan fingerprint density at radius 1 is 1.45 bits per heavy atom. The highest BCUT2D eigenvalue weighted by Gasteiger charge is 2.26. The third kappa shape index (κ3) is 3.55. The SMILES string of the molecule is CC(CN1CCC(C(=O)O)CC1)c1nc(C(=O)O)cs1. The van der Waals surface area contributed by atoms with Crippen molar-refractivity contribution < 1.29 is 19.8 Å². The van der Waals surface area contributed by atoms with Crippen LogP contribution in [-0.4, -0.2) is 51.7 Å². The van der Waals surface area contributed by atoms with Crippen LogP contribution in [0.1, 0.15) is 41.2 Å². The number of aliphatic carboxylic acids is 1. The van der Waals surface area contributed by atoms with Crippen molar-refractivity contribution in [1.29, 1.82) is 0 Å². The molecular formula is C13H18N2O4S. The molecule has 0 aliphatic carbocycles. The molecule has 1 unspecified atom stereocenters. The first kappa shape index (κ1) is 14.9. The van der Waals surface area contributed by atoms with E-state index >= 15 is 0 Å². The van der Waals surface area contributed by atoms with Gasteiger partial charge in [-0.15, -0.1) is 11.3 Å². The number of carboxylic acid groups (broad SMARTS) is 2. The van der Waals surface area contributed by atoms with Gasteiger partial charge >= 0.3 is 11.9 Å². The number of hydrogen-bond donors (Lipinski definition) is 2. The predicted molar refractivity (Wildman–Crippen MR) is 74.3 cm³/mol. The summed E-state index contributed by atoms with van der Waals surface area (Å²) in [5.41, 5.74) is 0.0986. The molecule has 0 radical (unpaired) electrons. The smallest absolute Gasteiger partial charge is 0.355 e. The van der Waals surface area contributed by atoms with Gasteiger partial charge in [-0.1, -0.05) is 6.92 Å². The number of nitrogens with zero attached hydrogens (tertiary/aromatic N) is 2. The van der Waals surface area contributed by atoms with Crippen LogP contribution < -0.4 is 0 Å². The Morgan fingerprint density at radius 2 is 2.10 bits per heavy atom. The molecule has 110 valence electrons. The van der Waals surface area contributed by atoms with Gasteiger partial charge in [0.1, 0.15) is 0 Å². The summed E-state index contributed by atoms with van der Waals surface area (Å²) in [6.07, 6.45) is 1.36. The third-order valence-electron chi connectivity index (χ3n) is 3.63. The molecule has 1 aromatic rings.